The molecule has 1 amide bonds. The lowest BCUT2D eigenvalue weighted by Crippen LogP contribution is -2.53. The SMILES string of the molecule is CN1CC(C(=O)NC(CO)C(C)(F)F)C=C2c3cccc4[nH]c(C(F)(F)F)c(c34)CC21. The van der Waals surface area contributed by atoms with Crippen molar-refractivity contribution in [3.8, 4) is 0 Å². The molecule has 5 nitrogen and oxygen atoms in total. The Morgan fingerprint density at radius 3 is 2.65 bits per heavy atom. The van der Waals surface area contributed by atoms with Crippen LogP contribution in [0.3, 0.4) is 0 Å². The maximum Gasteiger partial charge on any atom is 0.431 e. The molecule has 0 radical (unpaired) electrons. The van der Waals surface area contributed by atoms with E-state index in [9.17, 15) is 31.9 Å². The van der Waals surface area contributed by atoms with E-state index in [-0.39, 0.29) is 24.6 Å². The number of fused-ring (bicyclic) bond motifs is 2. The Hall–Kier alpha value is -2.46. The van der Waals surface area contributed by atoms with Crippen molar-refractivity contribution in [1.29, 1.82) is 0 Å². The van der Waals surface area contributed by atoms with Gasteiger partial charge in [0.15, 0.2) is 0 Å². The Kier molecular flexibility index (Phi) is 5.13. The molecule has 2 heterocycles. The van der Waals surface area contributed by atoms with Crippen molar-refractivity contribution in [1.82, 2.24) is 15.2 Å². The molecule has 4 rings (SSSR count). The second-order valence-corrected chi connectivity index (χ2v) is 8.29. The standard InChI is InChI=1S/C21H22F5N3O2/c1-20(22,23)16(9-30)28-19(31)10-6-12-11-4-3-5-14-17(11)13(7-15(12)29(2)8-10)18(27-14)21(24,25)26/h3-6,10,15-16,27,30H,7-9H2,1-2H3,(H,28,31). The summed E-state index contributed by atoms with van der Waals surface area (Å²) < 4.78 is 67.9. The van der Waals surface area contributed by atoms with Crippen LogP contribution in [0.2, 0.25) is 0 Å². The first-order valence-corrected chi connectivity index (χ1v) is 9.84. The number of benzene rings is 1. The number of aliphatic hydroxyl groups excluding tert-OH is 1. The van der Waals surface area contributed by atoms with E-state index in [1.807, 2.05) is 0 Å². The van der Waals surface area contributed by atoms with E-state index in [1.54, 1.807) is 36.2 Å². The first-order chi connectivity index (χ1) is 14.4. The first-order valence-electron chi connectivity index (χ1n) is 9.84. The zero-order valence-electron chi connectivity index (χ0n) is 16.9. The second-order valence-electron chi connectivity index (χ2n) is 8.29. The Balaban J connectivity index is 1.75. The lowest BCUT2D eigenvalue weighted by molar-refractivity contribution is -0.141. The monoisotopic (exact) mass is 443 g/mol. The van der Waals surface area contributed by atoms with Gasteiger partial charge in [0, 0.05) is 30.4 Å². The normalized spacial score (nSPS) is 22.8. The molecular weight excluding hydrogens is 421 g/mol. The fourth-order valence-corrected chi connectivity index (χ4v) is 4.56. The fraction of sp³-hybridized carbons (Fsp3) is 0.476. The van der Waals surface area contributed by atoms with Gasteiger partial charge in [-0.3, -0.25) is 9.69 Å². The third-order valence-corrected chi connectivity index (χ3v) is 6.12. The van der Waals surface area contributed by atoms with Crippen LogP contribution in [0.4, 0.5) is 22.0 Å². The highest BCUT2D eigenvalue weighted by Crippen LogP contribution is 2.45. The smallest absolute Gasteiger partial charge is 0.394 e. The van der Waals surface area contributed by atoms with Crippen LogP contribution in [-0.2, 0) is 17.4 Å². The number of hydrogen-bond acceptors (Lipinski definition) is 3. The Morgan fingerprint density at radius 1 is 1.32 bits per heavy atom. The number of likely N-dealkylation sites (N-methyl/N-ethyl adjacent to an activating group) is 1. The van der Waals surface area contributed by atoms with Crippen LogP contribution < -0.4 is 5.32 Å². The number of carbonyl (C=O) groups is 1. The van der Waals surface area contributed by atoms with Crippen molar-refractivity contribution < 1.29 is 31.9 Å². The molecule has 1 aromatic carbocycles. The number of H-pyrrole nitrogens is 1. The molecule has 0 saturated heterocycles. The van der Waals surface area contributed by atoms with Crippen molar-refractivity contribution in [2.24, 2.45) is 5.92 Å². The zero-order chi connectivity index (χ0) is 22.7. The van der Waals surface area contributed by atoms with E-state index >= 15 is 0 Å². The van der Waals surface area contributed by atoms with Crippen molar-refractivity contribution in [2.75, 3.05) is 20.2 Å². The third-order valence-electron chi connectivity index (χ3n) is 6.12. The van der Waals surface area contributed by atoms with Crippen LogP contribution in [0.15, 0.2) is 24.3 Å². The number of carbonyl (C=O) groups excluding carboxylic acids is 1. The number of halogens is 5. The van der Waals surface area contributed by atoms with Gasteiger partial charge in [-0.25, -0.2) is 8.78 Å². The molecule has 2 aliphatic rings. The first kappa shape index (κ1) is 21.8. The molecule has 3 N–H and O–H groups in total. The van der Waals surface area contributed by atoms with Crippen LogP contribution in [0, 0.1) is 5.92 Å². The number of hydrogen-bond donors (Lipinski definition) is 3. The van der Waals surface area contributed by atoms with Gasteiger partial charge in [-0.1, -0.05) is 18.2 Å². The van der Waals surface area contributed by atoms with Gasteiger partial charge < -0.3 is 15.4 Å². The lowest BCUT2D eigenvalue weighted by atomic mass is 9.79. The van der Waals surface area contributed by atoms with E-state index < -0.39 is 42.3 Å². The summed E-state index contributed by atoms with van der Waals surface area (Å²) in [5.41, 5.74) is 1.08. The van der Waals surface area contributed by atoms with Crippen molar-refractivity contribution in [3.05, 3.63) is 41.1 Å². The molecule has 3 atom stereocenters. The quantitative estimate of drug-likeness (QED) is 0.636. The van der Waals surface area contributed by atoms with E-state index in [0.29, 0.717) is 29.0 Å². The molecule has 0 spiro atoms. The van der Waals surface area contributed by atoms with Gasteiger partial charge >= 0.3 is 6.18 Å². The number of amides is 1. The Morgan fingerprint density at radius 2 is 2.03 bits per heavy atom. The maximum absolute atomic E-state index is 13.6. The van der Waals surface area contributed by atoms with Gasteiger partial charge in [-0.05, 0) is 36.2 Å². The number of aliphatic hydroxyl groups is 1. The largest absolute Gasteiger partial charge is 0.431 e. The van der Waals surface area contributed by atoms with Crippen molar-refractivity contribution in [2.45, 2.75) is 37.5 Å². The number of aromatic amines is 1. The molecule has 1 aliphatic heterocycles. The summed E-state index contributed by atoms with van der Waals surface area (Å²) in [6.45, 7) is -0.142. The summed E-state index contributed by atoms with van der Waals surface area (Å²) in [6, 6.07) is 2.83. The van der Waals surface area contributed by atoms with E-state index in [0.717, 1.165) is 0 Å². The topological polar surface area (TPSA) is 68.4 Å². The average Bonchev–Trinajstić information content (AvgIpc) is 3.06. The van der Waals surface area contributed by atoms with Crippen LogP contribution in [0.25, 0.3) is 16.5 Å². The highest BCUT2D eigenvalue weighted by atomic mass is 19.4. The second kappa shape index (κ2) is 7.30. The molecule has 0 bridgehead atoms. The summed E-state index contributed by atoms with van der Waals surface area (Å²) in [5.74, 6) is -4.75. The van der Waals surface area contributed by atoms with Gasteiger partial charge in [0.25, 0.3) is 5.92 Å². The number of alkyl halides is 5. The van der Waals surface area contributed by atoms with E-state index in [1.165, 1.54) is 0 Å². The number of nitrogens with one attached hydrogen (secondary N) is 2. The van der Waals surface area contributed by atoms with E-state index in [2.05, 4.69) is 10.3 Å². The minimum absolute atomic E-state index is 0.120. The number of aromatic nitrogens is 1. The minimum atomic E-state index is -4.52. The molecule has 3 unspecified atom stereocenters. The molecule has 0 saturated carbocycles. The van der Waals surface area contributed by atoms with Crippen molar-refractivity contribution in [3.63, 3.8) is 0 Å². The molecule has 1 aliphatic carbocycles. The molecule has 168 valence electrons. The van der Waals surface area contributed by atoms with Crippen LogP contribution in [0.1, 0.15) is 23.7 Å². The number of rotatable bonds is 4. The summed E-state index contributed by atoms with van der Waals surface area (Å²) in [5, 5.41) is 11.9. The zero-order valence-corrected chi connectivity index (χ0v) is 16.9. The molecule has 10 heteroatoms. The van der Waals surface area contributed by atoms with Gasteiger partial charge in [0.05, 0.1) is 12.5 Å². The van der Waals surface area contributed by atoms with E-state index in [4.69, 9.17) is 0 Å². The summed E-state index contributed by atoms with van der Waals surface area (Å²) in [6.07, 6.45) is -2.75. The third kappa shape index (κ3) is 3.71. The predicted molar refractivity (Wildman–Crippen MR) is 105 cm³/mol. The molecule has 31 heavy (non-hydrogen) atoms. The van der Waals surface area contributed by atoms with Gasteiger partial charge in [-0.2, -0.15) is 13.2 Å². The van der Waals surface area contributed by atoms with Crippen molar-refractivity contribution >= 4 is 22.4 Å². The highest BCUT2D eigenvalue weighted by Gasteiger charge is 2.43. The fourth-order valence-electron chi connectivity index (χ4n) is 4.56. The summed E-state index contributed by atoms with van der Waals surface area (Å²) in [4.78, 5) is 16.9. The summed E-state index contributed by atoms with van der Waals surface area (Å²) >= 11 is 0. The Bertz CT molecular complexity index is 1050. The maximum atomic E-state index is 13.6. The number of nitrogens with zero attached hydrogens (tertiary/aromatic N) is 1. The van der Waals surface area contributed by atoms with Crippen LogP contribution >= 0.6 is 0 Å². The predicted octanol–water partition coefficient (Wildman–Crippen LogP) is 3.19. The Labute approximate surface area is 174 Å². The summed E-state index contributed by atoms with van der Waals surface area (Å²) in [7, 11) is 1.70. The molecular formula is C21H22F5N3O2. The lowest BCUT2D eigenvalue weighted by Gasteiger charge is -2.40. The minimum Gasteiger partial charge on any atom is -0.394 e. The molecule has 0 fully saturated rings. The van der Waals surface area contributed by atoms with Crippen LogP contribution in [-0.4, -0.2) is 59.1 Å². The van der Waals surface area contributed by atoms with Gasteiger partial charge in [0.2, 0.25) is 5.91 Å². The van der Waals surface area contributed by atoms with Crippen LogP contribution in [0.5, 0.6) is 0 Å². The highest BCUT2D eigenvalue weighted by molar-refractivity contribution is 6.00. The molecule has 2 aromatic rings. The van der Waals surface area contributed by atoms with Gasteiger partial charge in [-0.15, -0.1) is 0 Å². The molecule has 1 aromatic heterocycles. The average molecular weight is 443 g/mol. The van der Waals surface area contributed by atoms with Gasteiger partial charge in [0.1, 0.15) is 11.7 Å².